The molecule has 0 bridgehead atoms. The van der Waals surface area contributed by atoms with Crippen LogP contribution in [0.25, 0.3) is 21.2 Å². The van der Waals surface area contributed by atoms with Crippen molar-refractivity contribution in [1.82, 2.24) is 0 Å². The van der Waals surface area contributed by atoms with Crippen LogP contribution in [0.3, 0.4) is 0 Å². The van der Waals surface area contributed by atoms with Crippen molar-refractivity contribution in [2.24, 2.45) is 0 Å². The lowest BCUT2D eigenvalue weighted by molar-refractivity contribution is 0.0703. The van der Waals surface area contributed by atoms with Crippen LogP contribution in [0.5, 0.6) is 5.75 Å². The van der Waals surface area contributed by atoms with Gasteiger partial charge in [0.2, 0.25) is 0 Å². The molecule has 4 rings (SSSR count). The van der Waals surface area contributed by atoms with E-state index in [2.05, 4.69) is 0 Å². The summed E-state index contributed by atoms with van der Waals surface area (Å²) in [6, 6.07) is 5.14. The lowest BCUT2D eigenvalue weighted by Gasteiger charge is -2.20. The Morgan fingerprint density at radius 1 is 1.16 bits per heavy atom. The van der Waals surface area contributed by atoms with Crippen LogP contribution in [0.15, 0.2) is 24.3 Å². The number of carbonyl (C=O) groups is 1. The van der Waals surface area contributed by atoms with Crippen LogP contribution in [0, 0.1) is 17.5 Å². The second-order valence-corrected chi connectivity index (χ2v) is 6.75. The zero-order valence-electron chi connectivity index (χ0n) is 12.7. The van der Waals surface area contributed by atoms with Crippen molar-refractivity contribution in [3.63, 3.8) is 0 Å². The summed E-state index contributed by atoms with van der Waals surface area (Å²) in [5.74, 6) is -3.82. The first-order valence-corrected chi connectivity index (χ1v) is 8.39. The molecule has 0 spiro atoms. The summed E-state index contributed by atoms with van der Waals surface area (Å²) in [5.41, 5.74) is -0.582. The molecule has 3 nitrogen and oxygen atoms in total. The molecule has 128 valence electrons. The first kappa shape index (κ1) is 16.0. The van der Waals surface area contributed by atoms with Crippen LogP contribution >= 0.6 is 11.3 Å². The Balaban J connectivity index is 2.12. The van der Waals surface area contributed by atoms with Gasteiger partial charge in [0.1, 0.15) is 28.1 Å². The Morgan fingerprint density at radius 3 is 2.72 bits per heavy atom. The Kier molecular flexibility index (Phi) is 3.68. The van der Waals surface area contributed by atoms with Crippen molar-refractivity contribution in [3.8, 4) is 16.9 Å². The summed E-state index contributed by atoms with van der Waals surface area (Å²) in [5, 5.41) is 9.37. The number of ether oxygens (including phenoxy) is 1. The van der Waals surface area contributed by atoms with Gasteiger partial charge in [-0.05, 0) is 25.0 Å². The van der Waals surface area contributed by atoms with Crippen molar-refractivity contribution in [2.75, 3.05) is 6.61 Å². The number of thiophene rings is 1. The summed E-state index contributed by atoms with van der Waals surface area (Å²) in [7, 11) is 0. The van der Waals surface area contributed by atoms with Crippen LogP contribution in [0.1, 0.15) is 21.7 Å². The van der Waals surface area contributed by atoms with E-state index in [9.17, 15) is 18.7 Å². The molecule has 3 aromatic rings. The van der Waals surface area contributed by atoms with Crippen LogP contribution in [-0.4, -0.2) is 17.7 Å². The van der Waals surface area contributed by atoms with Gasteiger partial charge < -0.3 is 9.84 Å². The van der Waals surface area contributed by atoms with E-state index >= 15 is 4.39 Å². The zero-order valence-corrected chi connectivity index (χ0v) is 13.6. The molecule has 0 fully saturated rings. The fourth-order valence-corrected chi connectivity index (χ4v) is 4.22. The molecule has 0 amide bonds. The zero-order chi connectivity index (χ0) is 17.7. The molecule has 1 aromatic heterocycles. The molecule has 7 heteroatoms. The summed E-state index contributed by atoms with van der Waals surface area (Å²) < 4.78 is 49.7. The topological polar surface area (TPSA) is 46.5 Å². The van der Waals surface area contributed by atoms with E-state index in [0.29, 0.717) is 24.1 Å². The number of benzene rings is 2. The second-order valence-electron chi connectivity index (χ2n) is 5.70. The van der Waals surface area contributed by atoms with Crippen LogP contribution < -0.4 is 4.74 Å². The first-order chi connectivity index (χ1) is 12.0. The number of rotatable bonds is 2. The average Bonchev–Trinajstić information content (AvgIpc) is 2.96. The Labute approximate surface area is 144 Å². The molecule has 0 saturated carbocycles. The lowest BCUT2D eigenvalue weighted by Crippen LogP contribution is -2.12. The van der Waals surface area contributed by atoms with E-state index in [1.165, 1.54) is 12.1 Å². The predicted molar refractivity (Wildman–Crippen MR) is 87.9 cm³/mol. The number of aromatic carboxylic acids is 1. The van der Waals surface area contributed by atoms with Gasteiger partial charge in [0.15, 0.2) is 0 Å². The van der Waals surface area contributed by atoms with E-state index in [1.807, 2.05) is 0 Å². The molecule has 1 N–H and O–H groups in total. The SMILES string of the molecule is O=C(O)c1sc2cccc(F)c2c1-c1c(F)cc2c(c1F)CCCO2. The van der Waals surface area contributed by atoms with Crippen LogP contribution in [0.2, 0.25) is 0 Å². The Morgan fingerprint density at radius 2 is 1.96 bits per heavy atom. The highest BCUT2D eigenvalue weighted by Gasteiger charge is 2.29. The van der Waals surface area contributed by atoms with Gasteiger partial charge in [0.05, 0.1) is 12.2 Å². The predicted octanol–water partition coefficient (Wildman–Crippen LogP) is 5.01. The third kappa shape index (κ3) is 2.38. The van der Waals surface area contributed by atoms with E-state index < -0.39 is 29.0 Å². The fourth-order valence-electron chi connectivity index (χ4n) is 3.16. The molecule has 0 aliphatic carbocycles. The van der Waals surface area contributed by atoms with E-state index in [1.54, 1.807) is 0 Å². The van der Waals surface area contributed by atoms with E-state index in [0.717, 1.165) is 23.5 Å². The first-order valence-electron chi connectivity index (χ1n) is 7.57. The van der Waals surface area contributed by atoms with Gasteiger partial charge in [-0.1, -0.05) is 6.07 Å². The van der Waals surface area contributed by atoms with Gasteiger partial charge in [-0.25, -0.2) is 18.0 Å². The largest absolute Gasteiger partial charge is 0.493 e. The smallest absolute Gasteiger partial charge is 0.346 e. The maximum Gasteiger partial charge on any atom is 0.346 e. The standard InChI is InChI=1S/C18H11F3O3S/c19-9-4-1-5-12-13(9)15(17(25-12)18(22)23)14-10(20)7-11-8(16(14)21)3-2-6-24-11/h1,4-5,7H,2-3,6H2,(H,22,23). The molecule has 0 unspecified atom stereocenters. The van der Waals surface area contributed by atoms with Gasteiger partial charge in [-0.2, -0.15) is 0 Å². The third-order valence-corrected chi connectivity index (χ3v) is 5.36. The average molecular weight is 364 g/mol. The number of hydrogen-bond donors (Lipinski definition) is 1. The fraction of sp³-hybridized carbons (Fsp3) is 0.167. The highest BCUT2D eigenvalue weighted by molar-refractivity contribution is 7.21. The number of carboxylic acid groups (broad SMARTS) is 1. The monoisotopic (exact) mass is 364 g/mol. The minimum absolute atomic E-state index is 0.0839. The molecule has 0 saturated heterocycles. The van der Waals surface area contributed by atoms with Gasteiger partial charge in [0, 0.05) is 27.3 Å². The Hall–Kier alpha value is -2.54. The van der Waals surface area contributed by atoms with Gasteiger partial charge in [0.25, 0.3) is 0 Å². The van der Waals surface area contributed by atoms with Gasteiger partial charge in [-0.3, -0.25) is 0 Å². The molecule has 1 aliphatic rings. The molecule has 25 heavy (non-hydrogen) atoms. The molecule has 0 atom stereocenters. The quantitative estimate of drug-likeness (QED) is 0.695. The number of hydrogen-bond acceptors (Lipinski definition) is 3. The van der Waals surface area contributed by atoms with Crippen LogP contribution in [0.4, 0.5) is 13.2 Å². The summed E-state index contributed by atoms with van der Waals surface area (Å²) >= 11 is 0.792. The molecule has 0 radical (unpaired) electrons. The highest BCUT2D eigenvalue weighted by atomic mass is 32.1. The summed E-state index contributed by atoms with van der Waals surface area (Å²) in [4.78, 5) is 11.3. The van der Waals surface area contributed by atoms with E-state index in [-0.39, 0.29) is 27.1 Å². The minimum Gasteiger partial charge on any atom is -0.493 e. The van der Waals surface area contributed by atoms with Gasteiger partial charge in [-0.15, -0.1) is 11.3 Å². The lowest BCUT2D eigenvalue weighted by atomic mass is 9.95. The molecule has 2 heterocycles. The highest BCUT2D eigenvalue weighted by Crippen LogP contribution is 2.44. The van der Waals surface area contributed by atoms with Crippen molar-refractivity contribution < 1.29 is 27.8 Å². The Bertz CT molecular complexity index is 1030. The van der Waals surface area contributed by atoms with E-state index in [4.69, 9.17) is 4.74 Å². The number of halogens is 3. The molecule has 1 aliphatic heterocycles. The molecular formula is C18H11F3O3S. The van der Waals surface area contributed by atoms with Crippen LogP contribution in [-0.2, 0) is 6.42 Å². The summed E-state index contributed by atoms with van der Waals surface area (Å²) in [6.07, 6.45) is 0.918. The van der Waals surface area contributed by atoms with Crippen molar-refractivity contribution in [3.05, 3.63) is 52.2 Å². The number of fused-ring (bicyclic) bond motifs is 2. The summed E-state index contributed by atoms with van der Waals surface area (Å²) in [6.45, 7) is 0.363. The normalized spacial score (nSPS) is 13.6. The molecule has 2 aromatic carbocycles. The molecular weight excluding hydrogens is 353 g/mol. The van der Waals surface area contributed by atoms with Crippen molar-refractivity contribution in [2.45, 2.75) is 12.8 Å². The minimum atomic E-state index is -1.36. The van der Waals surface area contributed by atoms with Crippen molar-refractivity contribution in [1.29, 1.82) is 0 Å². The maximum absolute atomic E-state index is 15.1. The van der Waals surface area contributed by atoms with Gasteiger partial charge >= 0.3 is 5.97 Å². The number of carboxylic acids is 1. The third-order valence-electron chi connectivity index (χ3n) is 4.22. The second kappa shape index (κ2) is 5.77. The maximum atomic E-state index is 15.1. The van der Waals surface area contributed by atoms with Crippen molar-refractivity contribution >= 4 is 27.4 Å².